The number of aryl methyl sites for hydroxylation is 3. The molecule has 0 spiro atoms. The molecule has 11 heteroatoms. The van der Waals surface area contributed by atoms with E-state index in [0.717, 1.165) is 11.3 Å². The number of primary amides is 1. The van der Waals surface area contributed by atoms with Gasteiger partial charge in [-0.2, -0.15) is 5.10 Å². The van der Waals surface area contributed by atoms with Gasteiger partial charge in [0.2, 0.25) is 5.95 Å². The van der Waals surface area contributed by atoms with Crippen molar-refractivity contribution in [2.75, 3.05) is 10.6 Å². The number of fused-ring (bicyclic) bond motifs is 2. The number of carbonyl (C=O) groups excluding carboxylic acids is 2. The van der Waals surface area contributed by atoms with Crippen LogP contribution in [0.2, 0.25) is 0 Å². The Hall–Kier alpha value is -4.54. The predicted octanol–water partition coefficient (Wildman–Crippen LogP) is 4.07. The van der Waals surface area contributed by atoms with Crippen LogP contribution in [0.15, 0.2) is 36.7 Å². The molecule has 0 atom stereocenters. The maximum Gasteiger partial charge on any atom is 0.258 e. The summed E-state index contributed by atoms with van der Waals surface area (Å²) in [4.78, 5) is 29.4. The van der Waals surface area contributed by atoms with E-state index in [1.165, 1.54) is 35.6 Å². The Bertz CT molecular complexity index is 1600. The summed E-state index contributed by atoms with van der Waals surface area (Å²) in [5, 5.41) is 14.5. The zero-order chi connectivity index (χ0) is 27.4. The highest BCUT2D eigenvalue weighted by molar-refractivity contribution is 6.06. The minimum Gasteiger partial charge on any atom is -0.365 e. The Kier molecular flexibility index (Phi) is 6.01. The van der Waals surface area contributed by atoms with Gasteiger partial charge in [-0.05, 0) is 53.6 Å². The number of rotatable bonds is 4. The summed E-state index contributed by atoms with van der Waals surface area (Å²) >= 11 is 0. The molecule has 0 unspecified atom stereocenters. The lowest BCUT2D eigenvalue weighted by molar-refractivity contribution is 0.0998. The number of amides is 2. The highest BCUT2D eigenvalue weighted by atomic mass is 19.1. The fraction of sp³-hybridized carbons (Fsp3) is 0.296. The molecule has 0 aliphatic carbocycles. The standard InChI is InChI=1S/C27H29FN8O2/c1-14-17(25(38)32-26-30-13-35(5)34-26)7-8-18(21(14)28)22-20(23(29)37)24-31-19-9-6-16(27(2,3)4)12-15(19)10-11-36(24)33-22/h6-9,12-13,31H,10-11H2,1-5H3,(H2,29,37)(H,32,34,38). The number of carbonyl (C=O) groups is 2. The quantitative estimate of drug-likeness (QED) is 0.374. The van der Waals surface area contributed by atoms with Gasteiger partial charge in [0, 0.05) is 30.4 Å². The number of aromatic nitrogens is 5. The van der Waals surface area contributed by atoms with E-state index in [1.807, 2.05) is 6.07 Å². The fourth-order valence-corrected chi connectivity index (χ4v) is 4.59. The molecule has 196 valence electrons. The van der Waals surface area contributed by atoms with Crippen LogP contribution in [-0.4, -0.2) is 36.4 Å². The van der Waals surface area contributed by atoms with Crippen molar-refractivity contribution in [3.05, 3.63) is 70.3 Å². The molecule has 4 N–H and O–H groups in total. The second-order valence-corrected chi connectivity index (χ2v) is 10.5. The molecule has 1 aliphatic rings. The van der Waals surface area contributed by atoms with E-state index in [0.29, 0.717) is 18.8 Å². The van der Waals surface area contributed by atoms with Crippen LogP contribution in [0.25, 0.3) is 11.3 Å². The molecule has 4 aromatic rings. The van der Waals surface area contributed by atoms with Gasteiger partial charge in [0.25, 0.3) is 11.8 Å². The first kappa shape index (κ1) is 25.1. The first-order chi connectivity index (χ1) is 17.9. The minimum absolute atomic E-state index is 0.00691. The Morgan fingerprint density at radius 3 is 2.58 bits per heavy atom. The van der Waals surface area contributed by atoms with E-state index < -0.39 is 17.6 Å². The molecule has 0 radical (unpaired) electrons. The molecule has 1 aliphatic heterocycles. The van der Waals surface area contributed by atoms with Crippen molar-refractivity contribution in [2.45, 2.75) is 46.1 Å². The summed E-state index contributed by atoms with van der Waals surface area (Å²) in [5.74, 6) is -1.44. The maximum absolute atomic E-state index is 15.7. The summed E-state index contributed by atoms with van der Waals surface area (Å²) in [5.41, 5.74) is 9.43. The molecule has 10 nitrogen and oxygen atoms in total. The Labute approximate surface area is 219 Å². The maximum atomic E-state index is 15.7. The SMILES string of the molecule is Cc1c(C(=O)Nc2ncn(C)n2)ccc(-c2nn3c(c2C(N)=O)Nc2ccc(C(C)(C)C)cc2CC3)c1F. The summed E-state index contributed by atoms with van der Waals surface area (Å²) in [6.07, 6.45) is 2.11. The molecule has 3 heterocycles. The van der Waals surface area contributed by atoms with Crippen molar-refractivity contribution in [3.63, 3.8) is 0 Å². The predicted molar refractivity (Wildman–Crippen MR) is 142 cm³/mol. The molecule has 5 rings (SSSR count). The number of nitrogens with zero attached hydrogens (tertiary/aromatic N) is 5. The van der Waals surface area contributed by atoms with Gasteiger partial charge in [-0.15, -0.1) is 5.10 Å². The van der Waals surface area contributed by atoms with Gasteiger partial charge in [0.1, 0.15) is 29.2 Å². The minimum atomic E-state index is -0.733. The lowest BCUT2D eigenvalue weighted by Crippen LogP contribution is -2.16. The Morgan fingerprint density at radius 2 is 1.92 bits per heavy atom. The second kappa shape index (κ2) is 9.09. The summed E-state index contributed by atoms with van der Waals surface area (Å²) < 4.78 is 18.8. The average Bonchev–Trinajstić information content (AvgIpc) is 3.36. The van der Waals surface area contributed by atoms with Gasteiger partial charge < -0.3 is 11.1 Å². The topological polar surface area (TPSA) is 133 Å². The van der Waals surface area contributed by atoms with Crippen LogP contribution >= 0.6 is 0 Å². The van der Waals surface area contributed by atoms with E-state index in [9.17, 15) is 9.59 Å². The van der Waals surface area contributed by atoms with Crippen LogP contribution in [0, 0.1) is 12.7 Å². The lowest BCUT2D eigenvalue weighted by Gasteiger charge is -2.21. The lowest BCUT2D eigenvalue weighted by atomic mass is 9.85. The molecule has 0 fully saturated rings. The van der Waals surface area contributed by atoms with Gasteiger partial charge in [-0.1, -0.05) is 32.9 Å². The molecule has 2 aromatic heterocycles. The Morgan fingerprint density at radius 1 is 1.16 bits per heavy atom. The zero-order valence-corrected chi connectivity index (χ0v) is 21.9. The number of hydrogen-bond donors (Lipinski definition) is 3. The van der Waals surface area contributed by atoms with E-state index in [-0.39, 0.29) is 39.3 Å². The van der Waals surface area contributed by atoms with E-state index in [2.05, 4.69) is 58.7 Å². The van der Waals surface area contributed by atoms with Crippen molar-refractivity contribution >= 4 is 29.3 Å². The average molecular weight is 517 g/mol. The molecule has 38 heavy (non-hydrogen) atoms. The third kappa shape index (κ3) is 4.40. The van der Waals surface area contributed by atoms with Crippen LogP contribution in [0.5, 0.6) is 0 Å². The highest BCUT2D eigenvalue weighted by Gasteiger charge is 2.29. The zero-order valence-electron chi connectivity index (χ0n) is 21.9. The van der Waals surface area contributed by atoms with Gasteiger partial charge in [0.15, 0.2) is 0 Å². The third-order valence-corrected chi connectivity index (χ3v) is 6.73. The number of nitrogens with one attached hydrogen (secondary N) is 2. The second-order valence-electron chi connectivity index (χ2n) is 10.5. The molecular formula is C27H29FN8O2. The van der Waals surface area contributed by atoms with Crippen molar-refractivity contribution in [3.8, 4) is 11.3 Å². The number of nitrogens with two attached hydrogens (primary N) is 1. The monoisotopic (exact) mass is 516 g/mol. The smallest absolute Gasteiger partial charge is 0.258 e. The van der Waals surface area contributed by atoms with Crippen molar-refractivity contribution < 1.29 is 14.0 Å². The number of halogens is 1. The van der Waals surface area contributed by atoms with Crippen LogP contribution < -0.4 is 16.4 Å². The molecular weight excluding hydrogens is 487 g/mol. The molecule has 0 saturated carbocycles. The van der Waals surface area contributed by atoms with Crippen molar-refractivity contribution in [1.29, 1.82) is 0 Å². The normalized spacial score (nSPS) is 12.8. The third-order valence-electron chi connectivity index (χ3n) is 6.73. The largest absolute Gasteiger partial charge is 0.365 e. The van der Waals surface area contributed by atoms with E-state index in [1.54, 1.807) is 11.7 Å². The number of benzene rings is 2. The fourth-order valence-electron chi connectivity index (χ4n) is 4.59. The van der Waals surface area contributed by atoms with Crippen LogP contribution in [0.1, 0.15) is 58.2 Å². The first-order valence-electron chi connectivity index (χ1n) is 12.2. The van der Waals surface area contributed by atoms with Crippen molar-refractivity contribution in [1.82, 2.24) is 24.5 Å². The van der Waals surface area contributed by atoms with Gasteiger partial charge in [-0.3, -0.25) is 19.6 Å². The van der Waals surface area contributed by atoms with Crippen LogP contribution in [0.4, 0.5) is 21.8 Å². The highest BCUT2D eigenvalue weighted by Crippen LogP contribution is 2.37. The van der Waals surface area contributed by atoms with E-state index >= 15 is 4.39 Å². The van der Waals surface area contributed by atoms with Gasteiger partial charge in [-0.25, -0.2) is 14.1 Å². The first-order valence-corrected chi connectivity index (χ1v) is 12.2. The van der Waals surface area contributed by atoms with Crippen molar-refractivity contribution in [2.24, 2.45) is 12.8 Å². The molecule has 0 bridgehead atoms. The number of anilines is 3. The van der Waals surface area contributed by atoms with Gasteiger partial charge in [0.05, 0.1) is 0 Å². The summed E-state index contributed by atoms with van der Waals surface area (Å²) in [6.45, 7) is 8.43. The number of hydrogen-bond acceptors (Lipinski definition) is 6. The molecule has 2 aromatic carbocycles. The molecule has 0 saturated heterocycles. The van der Waals surface area contributed by atoms with Crippen LogP contribution in [-0.2, 0) is 25.4 Å². The van der Waals surface area contributed by atoms with Gasteiger partial charge >= 0.3 is 0 Å². The molecule has 2 amide bonds. The van der Waals surface area contributed by atoms with Crippen LogP contribution in [0.3, 0.4) is 0 Å². The summed E-state index contributed by atoms with van der Waals surface area (Å²) in [7, 11) is 1.67. The Balaban J connectivity index is 1.53. The van der Waals surface area contributed by atoms with E-state index in [4.69, 9.17) is 5.73 Å². The summed E-state index contributed by atoms with van der Waals surface area (Å²) in [6, 6.07) is 9.11.